The summed E-state index contributed by atoms with van der Waals surface area (Å²) in [5.74, 6) is 0. The molecule has 1 aromatic heterocycles. The Balaban J connectivity index is 1.89. The van der Waals surface area contributed by atoms with Gasteiger partial charge in [0.25, 0.3) is 0 Å². The van der Waals surface area contributed by atoms with Crippen LogP contribution < -0.4 is 0 Å². The lowest BCUT2D eigenvalue weighted by Crippen LogP contribution is -2.21. The number of halogens is 2. The fraction of sp³-hybridized carbons (Fsp3) is 0.312. The first-order chi connectivity index (χ1) is 10.1. The molecule has 0 aliphatic rings. The van der Waals surface area contributed by atoms with E-state index in [-0.39, 0.29) is 0 Å². The Morgan fingerprint density at radius 2 is 1.90 bits per heavy atom. The Kier molecular flexibility index (Phi) is 6.00. The van der Waals surface area contributed by atoms with E-state index in [0.717, 1.165) is 13.1 Å². The molecule has 0 saturated heterocycles. The van der Waals surface area contributed by atoms with E-state index in [1.54, 1.807) is 24.5 Å². The van der Waals surface area contributed by atoms with Crippen LogP contribution in [0.15, 0.2) is 42.7 Å². The first kappa shape index (κ1) is 16.2. The van der Waals surface area contributed by atoms with Gasteiger partial charge in [-0.15, -0.1) is 0 Å². The smallest absolute Gasteiger partial charge is 0.0817 e. The average Bonchev–Trinajstić information content (AvgIpc) is 2.48. The van der Waals surface area contributed by atoms with Crippen LogP contribution in [0.1, 0.15) is 23.7 Å². The summed E-state index contributed by atoms with van der Waals surface area (Å²) < 4.78 is 0. The molecular weight excluding hydrogens is 307 g/mol. The van der Waals surface area contributed by atoms with Gasteiger partial charge in [0.15, 0.2) is 0 Å². The highest BCUT2D eigenvalue weighted by Gasteiger charge is 2.14. The van der Waals surface area contributed by atoms with Gasteiger partial charge in [-0.25, -0.2) is 0 Å². The third-order valence-corrected chi connectivity index (χ3v) is 4.16. The fourth-order valence-electron chi connectivity index (χ4n) is 2.15. The van der Waals surface area contributed by atoms with E-state index in [1.807, 2.05) is 25.2 Å². The largest absolute Gasteiger partial charge is 0.388 e. The predicted octanol–water partition coefficient (Wildman–Crippen LogP) is 3.94. The van der Waals surface area contributed by atoms with Crippen molar-refractivity contribution >= 4 is 23.2 Å². The molecule has 1 heterocycles. The molecule has 0 spiro atoms. The van der Waals surface area contributed by atoms with Crippen LogP contribution in [-0.2, 0) is 6.54 Å². The lowest BCUT2D eigenvalue weighted by Gasteiger charge is -2.19. The molecule has 1 N–H and O–H groups in total. The highest BCUT2D eigenvalue weighted by atomic mass is 35.5. The van der Waals surface area contributed by atoms with Crippen molar-refractivity contribution in [1.29, 1.82) is 0 Å². The molecule has 1 aromatic carbocycles. The van der Waals surface area contributed by atoms with Gasteiger partial charge in [0.1, 0.15) is 0 Å². The molecule has 21 heavy (non-hydrogen) atoms. The zero-order valence-electron chi connectivity index (χ0n) is 11.8. The molecule has 0 saturated carbocycles. The van der Waals surface area contributed by atoms with Gasteiger partial charge in [0.05, 0.1) is 16.1 Å². The first-order valence-corrected chi connectivity index (χ1v) is 7.53. The molecule has 1 unspecified atom stereocenters. The Morgan fingerprint density at radius 3 is 2.62 bits per heavy atom. The topological polar surface area (TPSA) is 36.4 Å². The van der Waals surface area contributed by atoms with Crippen LogP contribution >= 0.6 is 23.2 Å². The minimum Gasteiger partial charge on any atom is -0.388 e. The first-order valence-electron chi connectivity index (χ1n) is 6.77. The summed E-state index contributed by atoms with van der Waals surface area (Å²) in [6, 6.07) is 9.30. The summed E-state index contributed by atoms with van der Waals surface area (Å²) in [6.45, 7) is 1.57. The monoisotopic (exact) mass is 324 g/mol. The normalized spacial score (nSPS) is 12.6. The van der Waals surface area contributed by atoms with Crippen LogP contribution in [-0.4, -0.2) is 28.6 Å². The fourth-order valence-corrected chi connectivity index (χ4v) is 2.59. The summed E-state index contributed by atoms with van der Waals surface area (Å²) in [6.07, 6.45) is 3.55. The van der Waals surface area contributed by atoms with Gasteiger partial charge in [-0.3, -0.25) is 4.98 Å². The zero-order valence-corrected chi connectivity index (χ0v) is 13.3. The number of benzene rings is 1. The standard InChI is InChI=1S/C16H18Cl2N2O/c1-20(11-12-5-8-19-9-6-12)10-7-15(21)13-3-2-4-14(17)16(13)18/h2-6,8-9,15,21H,7,10-11H2,1H3. The molecular formula is C16H18Cl2N2O. The maximum atomic E-state index is 10.3. The highest BCUT2D eigenvalue weighted by Crippen LogP contribution is 2.31. The molecule has 2 rings (SSSR count). The SMILES string of the molecule is CN(CCC(O)c1cccc(Cl)c1Cl)Cc1ccncc1. The van der Waals surface area contributed by atoms with E-state index in [9.17, 15) is 5.11 Å². The van der Waals surface area contributed by atoms with Crippen LogP contribution in [0.2, 0.25) is 10.0 Å². The van der Waals surface area contributed by atoms with Crippen LogP contribution in [0.25, 0.3) is 0 Å². The third-order valence-electron chi connectivity index (χ3n) is 3.33. The molecule has 0 aliphatic carbocycles. The lowest BCUT2D eigenvalue weighted by atomic mass is 10.1. The van der Waals surface area contributed by atoms with Gasteiger partial charge in [-0.05, 0) is 37.2 Å². The van der Waals surface area contributed by atoms with Gasteiger partial charge < -0.3 is 10.0 Å². The minimum atomic E-state index is -0.615. The maximum Gasteiger partial charge on any atom is 0.0817 e. The molecule has 0 radical (unpaired) electrons. The number of rotatable bonds is 6. The van der Waals surface area contributed by atoms with E-state index in [0.29, 0.717) is 22.0 Å². The highest BCUT2D eigenvalue weighted by molar-refractivity contribution is 6.42. The van der Waals surface area contributed by atoms with Crippen molar-refractivity contribution in [2.75, 3.05) is 13.6 Å². The van der Waals surface area contributed by atoms with Gasteiger partial charge in [0, 0.05) is 31.0 Å². The van der Waals surface area contributed by atoms with Crippen molar-refractivity contribution in [3.05, 3.63) is 63.9 Å². The van der Waals surface area contributed by atoms with Gasteiger partial charge in [-0.2, -0.15) is 0 Å². The van der Waals surface area contributed by atoms with Crippen molar-refractivity contribution in [3.8, 4) is 0 Å². The average molecular weight is 325 g/mol. The minimum absolute atomic E-state index is 0.434. The molecule has 0 bridgehead atoms. The van der Waals surface area contributed by atoms with Crippen LogP contribution in [0.3, 0.4) is 0 Å². The molecule has 0 fully saturated rings. The second-order valence-electron chi connectivity index (χ2n) is 5.04. The molecule has 3 nitrogen and oxygen atoms in total. The van der Waals surface area contributed by atoms with Gasteiger partial charge in [-0.1, -0.05) is 35.3 Å². The summed E-state index contributed by atoms with van der Waals surface area (Å²) in [7, 11) is 2.02. The van der Waals surface area contributed by atoms with Crippen molar-refractivity contribution < 1.29 is 5.11 Å². The quantitative estimate of drug-likeness (QED) is 0.874. The molecule has 112 valence electrons. The zero-order chi connectivity index (χ0) is 15.2. The molecule has 2 aromatic rings. The Bertz CT molecular complexity index is 578. The lowest BCUT2D eigenvalue weighted by molar-refractivity contribution is 0.148. The van der Waals surface area contributed by atoms with E-state index in [4.69, 9.17) is 23.2 Å². The van der Waals surface area contributed by atoms with Crippen molar-refractivity contribution in [1.82, 2.24) is 9.88 Å². The Labute approximate surface area is 135 Å². The third kappa shape index (κ3) is 4.68. The second kappa shape index (κ2) is 7.76. The molecule has 5 heteroatoms. The second-order valence-corrected chi connectivity index (χ2v) is 5.83. The van der Waals surface area contributed by atoms with Crippen LogP contribution in [0.5, 0.6) is 0 Å². The number of aliphatic hydroxyl groups is 1. The van der Waals surface area contributed by atoms with Gasteiger partial charge in [0.2, 0.25) is 0 Å². The summed E-state index contributed by atoms with van der Waals surface area (Å²) >= 11 is 12.1. The molecule has 1 atom stereocenters. The number of aromatic nitrogens is 1. The van der Waals surface area contributed by atoms with Crippen molar-refractivity contribution in [2.24, 2.45) is 0 Å². The van der Waals surface area contributed by atoms with Crippen molar-refractivity contribution in [3.63, 3.8) is 0 Å². The molecule has 0 amide bonds. The number of aliphatic hydroxyl groups excluding tert-OH is 1. The summed E-state index contributed by atoms with van der Waals surface area (Å²) in [5, 5.41) is 11.2. The Morgan fingerprint density at radius 1 is 1.19 bits per heavy atom. The number of pyridine rings is 1. The summed E-state index contributed by atoms with van der Waals surface area (Å²) in [5.41, 5.74) is 1.88. The van der Waals surface area contributed by atoms with E-state index in [2.05, 4.69) is 9.88 Å². The molecule has 0 aliphatic heterocycles. The number of hydrogen-bond acceptors (Lipinski definition) is 3. The van der Waals surface area contributed by atoms with Gasteiger partial charge >= 0.3 is 0 Å². The number of nitrogens with zero attached hydrogens (tertiary/aromatic N) is 2. The predicted molar refractivity (Wildman–Crippen MR) is 86.6 cm³/mol. The Hall–Kier alpha value is -1.13. The van der Waals surface area contributed by atoms with E-state index >= 15 is 0 Å². The van der Waals surface area contributed by atoms with Crippen molar-refractivity contribution in [2.45, 2.75) is 19.1 Å². The number of hydrogen-bond donors (Lipinski definition) is 1. The van der Waals surface area contributed by atoms with E-state index < -0.39 is 6.10 Å². The van der Waals surface area contributed by atoms with Crippen LogP contribution in [0.4, 0.5) is 0 Å². The summed E-state index contributed by atoms with van der Waals surface area (Å²) in [4.78, 5) is 6.15. The van der Waals surface area contributed by atoms with E-state index in [1.165, 1.54) is 5.56 Å². The van der Waals surface area contributed by atoms with Crippen LogP contribution in [0, 0.1) is 0 Å². The maximum absolute atomic E-state index is 10.3.